The molecule has 1 atom stereocenters. The number of benzene rings is 1. The zero-order valence-corrected chi connectivity index (χ0v) is 12.3. The predicted molar refractivity (Wildman–Crippen MR) is 82.5 cm³/mol. The van der Waals surface area contributed by atoms with Crippen LogP contribution in [0.1, 0.15) is 30.9 Å². The first kappa shape index (κ1) is 15.3. The zero-order chi connectivity index (χ0) is 15.1. The average Bonchev–Trinajstić information content (AvgIpc) is 2.91. The molecule has 0 aliphatic carbocycles. The fourth-order valence-electron chi connectivity index (χ4n) is 2.00. The van der Waals surface area contributed by atoms with E-state index in [4.69, 9.17) is 5.73 Å². The Hall–Kier alpha value is -2.14. The van der Waals surface area contributed by atoms with Crippen LogP contribution in [0.5, 0.6) is 0 Å². The highest BCUT2D eigenvalue weighted by Gasteiger charge is 2.05. The van der Waals surface area contributed by atoms with Gasteiger partial charge in [0.1, 0.15) is 0 Å². The van der Waals surface area contributed by atoms with Crippen LogP contribution >= 0.6 is 0 Å². The van der Waals surface area contributed by atoms with Gasteiger partial charge in [0.15, 0.2) is 0 Å². The van der Waals surface area contributed by atoms with Crippen LogP contribution in [0.4, 0.5) is 0 Å². The van der Waals surface area contributed by atoms with Crippen LogP contribution in [0.2, 0.25) is 0 Å². The minimum Gasteiger partial charge on any atom is -0.352 e. The van der Waals surface area contributed by atoms with Crippen molar-refractivity contribution in [1.29, 1.82) is 0 Å². The SMILES string of the molecule is CC(N)CCC(=O)NCc1cnn(Cc2ccccc2)c1. The number of nitrogens with zero attached hydrogens (tertiary/aromatic N) is 2. The van der Waals surface area contributed by atoms with Crippen molar-refractivity contribution in [3.8, 4) is 0 Å². The number of hydrogen-bond acceptors (Lipinski definition) is 3. The number of nitrogens with one attached hydrogen (secondary N) is 1. The van der Waals surface area contributed by atoms with Crippen molar-refractivity contribution in [3.63, 3.8) is 0 Å². The Labute approximate surface area is 125 Å². The molecule has 1 aromatic heterocycles. The van der Waals surface area contributed by atoms with Crippen LogP contribution in [0.3, 0.4) is 0 Å². The third-order valence-electron chi connectivity index (χ3n) is 3.19. The van der Waals surface area contributed by atoms with E-state index in [9.17, 15) is 4.79 Å². The van der Waals surface area contributed by atoms with Crippen molar-refractivity contribution in [1.82, 2.24) is 15.1 Å². The summed E-state index contributed by atoms with van der Waals surface area (Å²) in [5.74, 6) is 0.0307. The number of rotatable bonds is 7. The summed E-state index contributed by atoms with van der Waals surface area (Å²) in [7, 11) is 0. The summed E-state index contributed by atoms with van der Waals surface area (Å²) in [6.07, 6.45) is 4.92. The Bertz CT molecular complexity index is 563. The molecule has 0 aliphatic heterocycles. The van der Waals surface area contributed by atoms with Crippen molar-refractivity contribution < 1.29 is 4.79 Å². The Kier molecular flexibility index (Phi) is 5.51. The molecule has 1 amide bonds. The predicted octanol–water partition coefficient (Wildman–Crippen LogP) is 1.67. The molecule has 0 saturated heterocycles. The minimum atomic E-state index is 0.0307. The summed E-state index contributed by atoms with van der Waals surface area (Å²) in [5, 5.41) is 7.19. The maximum absolute atomic E-state index is 11.6. The molecule has 0 radical (unpaired) electrons. The van der Waals surface area contributed by atoms with Crippen LogP contribution in [-0.2, 0) is 17.9 Å². The molecule has 0 spiro atoms. The molecule has 2 rings (SSSR count). The fraction of sp³-hybridized carbons (Fsp3) is 0.375. The van der Waals surface area contributed by atoms with Crippen molar-refractivity contribution >= 4 is 5.91 Å². The van der Waals surface area contributed by atoms with E-state index in [1.807, 2.05) is 36.0 Å². The second-order valence-corrected chi connectivity index (χ2v) is 5.32. The quantitative estimate of drug-likeness (QED) is 0.813. The van der Waals surface area contributed by atoms with E-state index < -0.39 is 0 Å². The van der Waals surface area contributed by atoms with E-state index in [-0.39, 0.29) is 11.9 Å². The molecule has 0 bridgehead atoms. The van der Waals surface area contributed by atoms with Gasteiger partial charge in [-0.2, -0.15) is 5.10 Å². The molecule has 1 unspecified atom stereocenters. The van der Waals surface area contributed by atoms with Gasteiger partial charge >= 0.3 is 0 Å². The maximum Gasteiger partial charge on any atom is 0.220 e. The van der Waals surface area contributed by atoms with E-state index in [0.29, 0.717) is 19.4 Å². The number of amides is 1. The molecule has 21 heavy (non-hydrogen) atoms. The molecule has 2 aromatic rings. The molecule has 0 fully saturated rings. The first-order valence-corrected chi connectivity index (χ1v) is 7.21. The molecule has 1 aromatic carbocycles. The Balaban J connectivity index is 1.79. The smallest absolute Gasteiger partial charge is 0.220 e. The number of carbonyl (C=O) groups is 1. The topological polar surface area (TPSA) is 72.9 Å². The lowest BCUT2D eigenvalue weighted by molar-refractivity contribution is -0.121. The summed E-state index contributed by atoms with van der Waals surface area (Å²) in [6.45, 7) is 3.15. The third-order valence-corrected chi connectivity index (χ3v) is 3.19. The Morgan fingerprint density at radius 3 is 2.81 bits per heavy atom. The minimum absolute atomic E-state index is 0.0307. The standard InChI is InChI=1S/C16H22N4O/c1-13(17)7-8-16(21)18-9-15-10-19-20(12-15)11-14-5-3-2-4-6-14/h2-6,10,12-13H,7-9,11,17H2,1H3,(H,18,21). The third kappa shape index (κ3) is 5.39. The Morgan fingerprint density at radius 2 is 2.10 bits per heavy atom. The van der Waals surface area contributed by atoms with E-state index >= 15 is 0 Å². The first-order chi connectivity index (χ1) is 10.1. The van der Waals surface area contributed by atoms with Crippen molar-refractivity contribution in [2.75, 3.05) is 0 Å². The summed E-state index contributed by atoms with van der Waals surface area (Å²) >= 11 is 0. The van der Waals surface area contributed by atoms with Crippen molar-refractivity contribution in [2.45, 2.75) is 38.9 Å². The number of carbonyl (C=O) groups excluding carboxylic acids is 1. The molecule has 0 saturated carbocycles. The second kappa shape index (κ2) is 7.59. The number of hydrogen-bond donors (Lipinski definition) is 2. The molecule has 5 nitrogen and oxygen atoms in total. The van der Waals surface area contributed by atoms with E-state index in [1.54, 1.807) is 6.20 Å². The monoisotopic (exact) mass is 286 g/mol. The number of aromatic nitrogens is 2. The van der Waals surface area contributed by atoms with Gasteiger partial charge in [0.05, 0.1) is 12.7 Å². The lowest BCUT2D eigenvalue weighted by Gasteiger charge is -2.05. The normalized spacial score (nSPS) is 12.1. The number of nitrogens with two attached hydrogens (primary N) is 1. The highest BCUT2D eigenvalue weighted by atomic mass is 16.1. The van der Waals surface area contributed by atoms with Crippen LogP contribution < -0.4 is 11.1 Å². The summed E-state index contributed by atoms with van der Waals surface area (Å²) in [4.78, 5) is 11.6. The van der Waals surface area contributed by atoms with Gasteiger partial charge < -0.3 is 11.1 Å². The van der Waals surface area contributed by atoms with E-state index in [0.717, 1.165) is 12.1 Å². The zero-order valence-electron chi connectivity index (χ0n) is 12.3. The van der Waals surface area contributed by atoms with Gasteiger partial charge in [0, 0.05) is 30.8 Å². The van der Waals surface area contributed by atoms with Crippen LogP contribution in [0.15, 0.2) is 42.7 Å². The molecule has 0 aliphatic rings. The first-order valence-electron chi connectivity index (χ1n) is 7.21. The van der Waals surface area contributed by atoms with Gasteiger partial charge in [-0.1, -0.05) is 30.3 Å². The molecular formula is C16H22N4O. The van der Waals surface area contributed by atoms with E-state index in [2.05, 4.69) is 22.5 Å². The van der Waals surface area contributed by atoms with Gasteiger partial charge in [0.25, 0.3) is 0 Å². The molecule has 1 heterocycles. The van der Waals surface area contributed by atoms with Gasteiger partial charge in [-0.15, -0.1) is 0 Å². The van der Waals surface area contributed by atoms with Crippen LogP contribution in [0, 0.1) is 0 Å². The van der Waals surface area contributed by atoms with Crippen molar-refractivity contribution in [2.24, 2.45) is 5.73 Å². The highest BCUT2D eigenvalue weighted by Crippen LogP contribution is 2.04. The lowest BCUT2D eigenvalue weighted by Crippen LogP contribution is -2.25. The van der Waals surface area contributed by atoms with Crippen LogP contribution in [-0.4, -0.2) is 21.7 Å². The van der Waals surface area contributed by atoms with Crippen LogP contribution in [0.25, 0.3) is 0 Å². The molecule has 3 N–H and O–H groups in total. The summed E-state index contributed by atoms with van der Waals surface area (Å²) in [5.41, 5.74) is 7.83. The van der Waals surface area contributed by atoms with Crippen molar-refractivity contribution in [3.05, 3.63) is 53.9 Å². The lowest BCUT2D eigenvalue weighted by atomic mass is 10.2. The van der Waals surface area contributed by atoms with Gasteiger partial charge in [-0.05, 0) is 18.9 Å². The molecule has 112 valence electrons. The summed E-state index contributed by atoms with van der Waals surface area (Å²) < 4.78 is 1.87. The summed E-state index contributed by atoms with van der Waals surface area (Å²) in [6, 6.07) is 10.2. The molecule has 5 heteroatoms. The largest absolute Gasteiger partial charge is 0.352 e. The van der Waals surface area contributed by atoms with Gasteiger partial charge in [0.2, 0.25) is 5.91 Å². The Morgan fingerprint density at radius 1 is 1.33 bits per heavy atom. The maximum atomic E-state index is 11.6. The van der Waals surface area contributed by atoms with Gasteiger partial charge in [-0.25, -0.2) is 0 Å². The van der Waals surface area contributed by atoms with Gasteiger partial charge in [-0.3, -0.25) is 9.48 Å². The van der Waals surface area contributed by atoms with E-state index in [1.165, 1.54) is 5.56 Å². The average molecular weight is 286 g/mol. The highest BCUT2D eigenvalue weighted by molar-refractivity contribution is 5.75. The molecular weight excluding hydrogens is 264 g/mol. The fourth-order valence-corrected chi connectivity index (χ4v) is 2.00. The second-order valence-electron chi connectivity index (χ2n) is 5.32.